The Balaban J connectivity index is 3.51. The molecule has 0 fully saturated rings. The molecule has 0 heterocycles. The second-order valence-electron chi connectivity index (χ2n) is 13.7. The minimum absolute atomic E-state index is 0.182. The molecule has 0 saturated carbocycles. The molecular weight excluding hydrogens is 617 g/mol. The Morgan fingerprint density at radius 1 is 0.500 bits per heavy atom. The van der Waals surface area contributed by atoms with Crippen molar-refractivity contribution < 1.29 is 19.4 Å². The Hall–Kier alpha value is -2.17. The van der Waals surface area contributed by atoms with Gasteiger partial charge in [0.1, 0.15) is 6.10 Å². The van der Waals surface area contributed by atoms with Gasteiger partial charge in [0.25, 0.3) is 0 Å². The minimum atomic E-state index is -0.546. The van der Waals surface area contributed by atoms with Crippen molar-refractivity contribution in [2.75, 3.05) is 19.8 Å². The van der Waals surface area contributed by atoms with Crippen LogP contribution in [0.1, 0.15) is 187 Å². The van der Waals surface area contributed by atoms with Crippen LogP contribution in [0.4, 0.5) is 0 Å². The summed E-state index contributed by atoms with van der Waals surface area (Å²) in [6.07, 6.45) is 58.1. The topological polar surface area (TPSA) is 55.8 Å². The first-order chi connectivity index (χ1) is 24.7. The van der Waals surface area contributed by atoms with Gasteiger partial charge in [-0.15, -0.1) is 0 Å². The number of hydrogen-bond acceptors (Lipinski definition) is 4. The summed E-state index contributed by atoms with van der Waals surface area (Å²) in [5.41, 5.74) is 0. The molecule has 4 nitrogen and oxygen atoms in total. The fraction of sp³-hybridized carbons (Fsp3) is 0.717. The molecule has 0 spiro atoms. The fourth-order valence-corrected chi connectivity index (χ4v) is 5.64. The maximum Gasteiger partial charge on any atom is 0.306 e. The van der Waals surface area contributed by atoms with Crippen molar-refractivity contribution in [2.45, 2.75) is 193 Å². The standard InChI is InChI=1S/C46H80O4/c1-3-5-7-9-11-13-15-17-19-20-21-22-23-24-25-26-27-29-31-33-35-37-39-41-46(48)50-45(43-47)44-49-42-40-38-36-34-32-30-28-18-16-14-12-10-8-6-4-2/h5,7,11,13,16-19,21-22,24-25,45,47H,3-4,6,8-10,12,14-15,20,23,26-44H2,1-2H3/b7-5-,13-11-,18-16-,19-17-,22-21-,25-24-. The van der Waals surface area contributed by atoms with Crippen LogP contribution in [0, 0.1) is 0 Å². The molecule has 0 aliphatic rings. The number of allylic oxidation sites excluding steroid dienone is 12. The number of carbonyl (C=O) groups excluding carboxylic acids is 1. The van der Waals surface area contributed by atoms with E-state index in [0.29, 0.717) is 13.0 Å². The third kappa shape index (κ3) is 40.3. The third-order valence-electron chi connectivity index (χ3n) is 8.77. The quantitative estimate of drug-likeness (QED) is 0.0397. The van der Waals surface area contributed by atoms with Crippen LogP contribution in [0.25, 0.3) is 0 Å². The van der Waals surface area contributed by atoms with Gasteiger partial charge in [-0.25, -0.2) is 0 Å². The highest BCUT2D eigenvalue weighted by molar-refractivity contribution is 5.69. The van der Waals surface area contributed by atoms with Crippen LogP contribution < -0.4 is 0 Å². The van der Waals surface area contributed by atoms with E-state index in [0.717, 1.165) is 64.2 Å². The summed E-state index contributed by atoms with van der Waals surface area (Å²) < 4.78 is 11.1. The number of unbranched alkanes of at least 4 members (excludes halogenated alkanes) is 18. The van der Waals surface area contributed by atoms with Crippen molar-refractivity contribution in [2.24, 2.45) is 0 Å². The highest BCUT2D eigenvalue weighted by atomic mass is 16.6. The van der Waals surface area contributed by atoms with Gasteiger partial charge in [-0.2, -0.15) is 0 Å². The van der Waals surface area contributed by atoms with E-state index in [2.05, 4.69) is 86.8 Å². The van der Waals surface area contributed by atoms with Crippen LogP contribution in [0.2, 0.25) is 0 Å². The Labute approximate surface area is 310 Å². The van der Waals surface area contributed by atoms with Gasteiger partial charge in [0, 0.05) is 13.0 Å². The second kappa shape index (κ2) is 43.0. The van der Waals surface area contributed by atoms with Gasteiger partial charge in [0.05, 0.1) is 13.2 Å². The van der Waals surface area contributed by atoms with Gasteiger partial charge in [-0.05, 0) is 83.5 Å². The highest BCUT2D eigenvalue weighted by Crippen LogP contribution is 2.12. The largest absolute Gasteiger partial charge is 0.457 e. The summed E-state index contributed by atoms with van der Waals surface area (Å²) >= 11 is 0. The lowest BCUT2D eigenvalue weighted by molar-refractivity contribution is -0.154. The van der Waals surface area contributed by atoms with Crippen molar-refractivity contribution in [1.82, 2.24) is 0 Å². The molecule has 0 aliphatic carbocycles. The minimum Gasteiger partial charge on any atom is -0.457 e. The number of aliphatic hydroxyl groups excluding tert-OH is 1. The van der Waals surface area contributed by atoms with Crippen LogP contribution >= 0.6 is 0 Å². The van der Waals surface area contributed by atoms with Crippen LogP contribution in [0.15, 0.2) is 72.9 Å². The van der Waals surface area contributed by atoms with E-state index in [1.165, 1.54) is 103 Å². The van der Waals surface area contributed by atoms with E-state index in [1.54, 1.807) is 0 Å². The van der Waals surface area contributed by atoms with Crippen molar-refractivity contribution >= 4 is 5.97 Å². The van der Waals surface area contributed by atoms with E-state index >= 15 is 0 Å². The summed E-state index contributed by atoms with van der Waals surface area (Å²) in [5.74, 6) is -0.216. The number of esters is 1. The predicted octanol–water partition coefficient (Wildman–Crippen LogP) is 13.8. The molecular formula is C46H80O4. The number of ether oxygens (including phenoxy) is 2. The maximum atomic E-state index is 12.2. The molecule has 0 rings (SSSR count). The maximum absolute atomic E-state index is 12.2. The monoisotopic (exact) mass is 697 g/mol. The molecule has 0 aromatic rings. The van der Waals surface area contributed by atoms with E-state index < -0.39 is 6.10 Å². The van der Waals surface area contributed by atoms with E-state index in [4.69, 9.17) is 9.47 Å². The molecule has 1 N–H and O–H groups in total. The van der Waals surface area contributed by atoms with E-state index in [9.17, 15) is 9.90 Å². The van der Waals surface area contributed by atoms with Crippen LogP contribution in [0.3, 0.4) is 0 Å². The van der Waals surface area contributed by atoms with Gasteiger partial charge >= 0.3 is 5.97 Å². The fourth-order valence-electron chi connectivity index (χ4n) is 5.64. The first kappa shape index (κ1) is 47.8. The zero-order valence-electron chi connectivity index (χ0n) is 32.9. The molecule has 0 aromatic heterocycles. The van der Waals surface area contributed by atoms with Gasteiger partial charge in [0.15, 0.2) is 0 Å². The summed E-state index contributed by atoms with van der Waals surface area (Å²) in [6.45, 7) is 5.20. The first-order valence-electron chi connectivity index (χ1n) is 21.0. The normalized spacial score (nSPS) is 13.1. The third-order valence-corrected chi connectivity index (χ3v) is 8.77. The molecule has 4 heteroatoms. The molecule has 0 aromatic carbocycles. The summed E-state index contributed by atoms with van der Waals surface area (Å²) in [6, 6.07) is 0. The number of hydrogen-bond donors (Lipinski definition) is 1. The Morgan fingerprint density at radius 2 is 0.900 bits per heavy atom. The SMILES string of the molecule is CC/C=C\C/C=C\C/C=C\C/C=C\C/C=C\CCCCCCCCCC(=O)OC(CO)COCCCCCCCC/C=C\CCCCCCC. The molecule has 0 saturated heterocycles. The summed E-state index contributed by atoms with van der Waals surface area (Å²) in [7, 11) is 0. The summed E-state index contributed by atoms with van der Waals surface area (Å²) in [5, 5.41) is 9.59. The Bertz CT molecular complexity index is 865. The van der Waals surface area contributed by atoms with Crippen LogP contribution in [-0.2, 0) is 14.3 Å². The van der Waals surface area contributed by atoms with Gasteiger partial charge < -0.3 is 14.6 Å². The number of rotatable bonds is 38. The lowest BCUT2D eigenvalue weighted by atomic mass is 10.1. The average Bonchev–Trinajstić information content (AvgIpc) is 3.12. The zero-order chi connectivity index (χ0) is 36.3. The van der Waals surface area contributed by atoms with Gasteiger partial charge in [-0.3, -0.25) is 4.79 Å². The predicted molar refractivity (Wildman–Crippen MR) is 219 cm³/mol. The Kier molecular flexibility index (Phi) is 41.1. The molecule has 0 bridgehead atoms. The van der Waals surface area contributed by atoms with Crippen LogP contribution in [0.5, 0.6) is 0 Å². The zero-order valence-corrected chi connectivity index (χ0v) is 32.9. The van der Waals surface area contributed by atoms with E-state index in [1.807, 2.05) is 0 Å². The Morgan fingerprint density at radius 3 is 1.38 bits per heavy atom. The lowest BCUT2D eigenvalue weighted by Crippen LogP contribution is -2.27. The van der Waals surface area contributed by atoms with Crippen molar-refractivity contribution in [3.63, 3.8) is 0 Å². The molecule has 0 amide bonds. The average molecular weight is 697 g/mol. The van der Waals surface area contributed by atoms with Gasteiger partial charge in [-0.1, -0.05) is 170 Å². The summed E-state index contributed by atoms with van der Waals surface area (Å²) in [4.78, 5) is 12.2. The smallest absolute Gasteiger partial charge is 0.306 e. The first-order valence-corrected chi connectivity index (χ1v) is 21.0. The molecule has 0 aliphatic heterocycles. The highest BCUT2D eigenvalue weighted by Gasteiger charge is 2.13. The van der Waals surface area contributed by atoms with Crippen LogP contribution in [-0.4, -0.2) is 37.0 Å². The number of aliphatic hydroxyl groups is 1. The van der Waals surface area contributed by atoms with Gasteiger partial charge in [0.2, 0.25) is 0 Å². The van der Waals surface area contributed by atoms with Crippen molar-refractivity contribution in [3.05, 3.63) is 72.9 Å². The molecule has 50 heavy (non-hydrogen) atoms. The molecule has 1 atom stereocenters. The van der Waals surface area contributed by atoms with Crippen molar-refractivity contribution in [1.29, 1.82) is 0 Å². The molecule has 0 radical (unpaired) electrons. The number of carbonyl (C=O) groups is 1. The molecule has 288 valence electrons. The second-order valence-corrected chi connectivity index (χ2v) is 13.7. The van der Waals surface area contributed by atoms with Crippen molar-refractivity contribution in [3.8, 4) is 0 Å². The lowest BCUT2D eigenvalue weighted by Gasteiger charge is -2.15. The van der Waals surface area contributed by atoms with E-state index in [-0.39, 0.29) is 19.2 Å². The molecule has 1 unspecified atom stereocenters.